The normalized spacial score (nSPS) is 18.6. The Morgan fingerprint density at radius 1 is 1.14 bits per heavy atom. The quantitative estimate of drug-likeness (QED) is 0.813. The van der Waals surface area contributed by atoms with E-state index in [1.807, 2.05) is 6.07 Å². The predicted molar refractivity (Wildman–Crippen MR) is 77.0 cm³/mol. The third-order valence-electron chi connectivity index (χ3n) is 3.93. The average Bonchev–Trinajstić information content (AvgIpc) is 2.68. The lowest BCUT2D eigenvalue weighted by molar-refractivity contribution is -0.141. The highest BCUT2D eigenvalue weighted by atomic mass is 19.4. The molecule has 116 valence electrons. The number of rotatable bonds is 1. The SMILES string of the molecule is NC1CCCCc2nc(-c3ccnc(C(F)(F)F)c3)ccc21. The molecule has 2 heterocycles. The van der Waals surface area contributed by atoms with Crippen molar-refractivity contribution >= 4 is 0 Å². The minimum atomic E-state index is -4.45. The lowest BCUT2D eigenvalue weighted by Gasteiger charge is -2.13. The molecule has 0 saturated carbocycles. The zero-order chi connectivity index (χ0) is 15.7. The third-order valence-corrected chi connectivity index (χ3v) is 3.93. The van der Waals surface area contributed by atoms with Crippen molar-refractivity contribution in [1.29, 1.82) is 0 Å². The van der Waals surface area contributed by atoms with Crippen molar-refractivity contribution in [2.45, 2.75) is 37.9 Å². The smallest absolute Gasteiger partial charge is 0.324 e. The van der Waals surface area contributed by atoms with Crippen LogP contribution in [0, 0.1) is 0 Å². The van der Waals surface area contributed by atoms with Gasteiger partial charge >= 0.3 is 6.18 Å². The Hall–Kier alpha value is -1.95. The Morgan fingerprint density at radius 3 is 2.73 bits per heavy atom. The molecule has 0 spiro atoms. The minimum absolute atomic E-state index is 0.0396. The molecule has 22 heavy (non-hydrogen) atoms. The maximum Gasteiger partial charge on any atom is 0.433 e. The standard InChI is InChI=1S/C16H16F3N3/c17-16(18,19)15-9-10(7-8-21-15)13-6-5-11-12(20)3-1-2-4-14(11)22-13/h5-9,12H,1-4,20H2. The largest absolute Gasteiger partial charge is 0.433 e. The summed E-state index contributed by atoms with van der Waals surface area (Å²) in [6.45, 7) is 0. The van der Waals surface area contributed by atoms with Gasteiger partial charge in [-0.1, -0.05) is 12.5 Å². The Kier molecular flexibility index (Phi) is 3.87. The van der Waals surface area contributed by atoms with Crippen LogP contribution in [-0.2, 0) is 12.6 Å². The van der Waals surface area contributed by atoms with Crippen LogP contribution < -0.4 is 5.73 Å². The summed E-state index contributed by atoms with van der Waals surface area (Å²) in [5, 5.41) is 0. The van der Waals surface area contributed by atoms with Gasteiger partial charge in [0.25, 0.3) is 0 Å². The van der Waals surface area contributed by atoms with Crippen molar-refractivity contribution in [2.75, 3.05) is 0 Å². The molecular formula is C16H16F3N3. The molecular weight excluding hydrogens is 291 g/mol. The van der Waals surface area contributed by atoms with E-state index in [9.17, 15) is 13.2 Å². The molecule has 2 aromatic rings. The average molecular weight is 307 g/mol. The topological polar surface area (TPSA) is 51.8 Å². The molecule has 0 aliphatic heterocycles. The Bertz CT molecular complexity index is 683. The van der Waals surface area contributed by atoms with Crippen molar-refractivity contribution in [3.05, 3.63) is 47.4 Å². The molecule has 0 radical (unpaired) electrons. The van der Waals surface area contributed by atoms with E-state index in [4.69, 9.17) is 5.73 Å². The molecule has 0 saturated heterocycles. The van der Waals surface area contributed by atoms with Crippen LogP contribution in [0.1, 0.15) is 42.3 Å². The van der Waals surface area contributed by atoms with Crippen LogP contribution in [0.3, 0.4) is 0 Å². The van der Waals surface area contributed by atoms with Crippen LogP contribution in [0.2, 0.25) is 0 Å². The van der Waals surface area contributed by atoms with Gasteiger partial charge in [-0.05, 0) is 43.0 Å². The van der Waals surface area contributed by atoms with Crippen LogP contribution in [0.15, 0.2) is 30.5 Å². The van der Waals surface area contributed by atoms with Gasteiger partial charge in [0.15, 0.2) is 0 Å². The van der Waals surface area contributed by atoms with Crippen molar-refractivity contribution in [3.8, 4) is 11.3 Å². The van der Waals surface area contributed by atoms with Crippen molar-refractivity contribution in [2.24, 2.45) is 5.73 Å². The second kappa shape index (κ2) is 5.68. The van der Waals surface area contributed by atoms with Crippen LogP contribution in [0.4, 0.5) is 13.2 Å². The number of aryl methyl sites for hydroxylation is 1. The number of fused-ring (bicyclic) bond motifs is 1. The predicted octanol–water partition coefficient (Wildman–Crippen LogP) is 3.89. The molecule has 0 aromatic carbocycles. The summed E-state index contributed by atoms with van der Waals surface area (Å²) in [6, 6.07) is 6.16. The van der Waals surface area contributed by atoms with Gasteiger partial charge in [0.05, 0.1) is 5.69 Å². The van der Waals surface area contributed by atoms with Gasteiger partial charge in [0.2, 0.25) is 0 Å². The number of nitrogens with two attached hydrogens (primary N) is 1. The number of hydrogen-bond donors (Lipinski definition) is 1. The molecule has 0 bridgehead atoms. The highest BCUT2D eigenvalue weighted by Crippen LogP contribution is 2.32. The summed E-state index contributed by atoms with van der Waals surface area (Å²) in [6.07, 6.45) is 0.485. The molecule has 0 amide bonds. The molecule has 1 aliphatic rings. The first-order valence-corrected chi connectivity index (χ1v) is 7.24. The van der Waals surface area contributed by atoms with E-state index in [1.165, 1.54) is 0 Å². The number of alkyl halides is 3. The Morgan fingerprint density at radius 2 is 1.95 bits per heavy atom. The number of aromatic nitrogens is 2. The summed E-state index contributed by atoms with van der Waals surface area (Å²) in [7, 11) is 0. The maximum absolute atomic E-state index is 12.8. The maximum atomic E-state index is 12.8. The number of pyridine rings is 2. The molecule has 1 aliphatic carbocycles. The second-order valence-corrected chi connectivity index (χ2v) is 5.51. The van der Waals surface area contributed by atoms with Crippen LogP contribution in [0.25, 0.3) is 11.3 Å². The first-order valence-electron chi connectivity index (χ1n) is 7.24. The minimum Gasteiger partial charge on any atom is -0.324 e. The summed E-state index contributed by atoms with van der Waals surface area (Å²) >= 11 is 0. The molecule has 1 unspecified atom stereocenters. The zero-order valence-electron chi connectivity index (χ0n) is 11.9. The van der Waals surface area contributed by atoms with E-state index in [2.05, 4.69) is 9.97 Å². The number of hydrogen-bond acceptors (Lipinski definition) is 3. The van der Waals surface area contributed by atoms with E-state index in [1.54, 1.807) is 12.1 Å². The van der Waals surface area contributed by atoms with Gasteiger partial charge < -0.3 is 5.73 Å². The fourth-order valence-corrected chi connectivity index (χ4v) is 2.77. The van der Waals surface area contributed by atoms with Crippen LogP contribution >= 0.6 is 0 Å². The summed E-state index contributed by atoms with van der Waals surface area (Å²) in [5.74, 6) is 0. The van der Waals surface area contributed by atoms with E-state index in [0.717, 1.165) is 49.2 Å². The number of nitrogens with zero attached hydrogens (tertiary/aromatic N) is 2. The second-order valence-electron chi connectivity index (χ2n) is 5.51. The first kappa shape index (κ1) is 15.0. The van der Waals surface area contributed by atoms with Gasteiger partial charge in [0.1, 0.15) is 5.69 Å². The molecule has 2 N–H and O–H groups in total. The van der Waals surface area contributed by atoms with E-state index < -0.39 is 11.9 Å². The van der Waals surface area contributed by atoms with E-state index >= 15 is 0 Å². The molecule has 3 nitrogen and oxygen atoms in total. The zero-order valence-corrected chi connectivity index (χ0v) is 11.9. The summed E-state index contributed by atoms with van der Waals surface area (Å²) in [5.41, 5.74) is 8.06. The van der Waals surface area contributed by atoms with Gasteiger partial charge in [-0.3, -0.25) is 9.97 Å². The molecule has 3 rings (SSSR count). The Balaban J connectivity index is 2.01. The molecule has 1 atom stereocenters. The molecule has 6 heteroatoms. The fraction of sp³-hybridized carbons (Fsp3) is 0.375. The molecule has 0 fully saturated rings. The monoisotopic (exact) mass is 307 g/mol. The fourth-order valence-electron chi connectivity index (χ4n) is 2.77. The van der Waals surface area contributed by atoms with E-state index in [0.29, 0.717) is 11.3 Å². The lowest BCUT2D eigenvalue weighted by Crippen LogP contribution is -2.11. The lowest BCUT2D eigenvalue weighted by atomic mass is 10.0. The summed E-state index contributed by atoms with van der Waals surface area (Å²) < 4.78 is 38.3. The van der Waals surface area contributed by atoms with Gasteiger partial charge in [-0.15, -0.1) is 0 Å². The first-order chi connectivity index (χ1) is 10.4. The van der Waals surface area contributed by atoms with Crippen LogP contribution in [-0.4, -0.2) is 9.97 Å². The van der Waals surface area contributed by atoms with E-state index in [-0.39, 0.29) is 6.04 Å². The van der Waals surface area contributed by atoms with Gasteiger partial charge in [-0.25, -0.2) is 0 Å². The van der Waals surface area contributed by atoms with Crippen molar-refractivity contribution < 1.29 is 13.2 Å². The Labute approximate surface area is 126 Å². The number of halogens is 3. The third kappa shape index (κ3) is 2.97. The summed E-state index contributed by atoms with van der Waals surface area (Å²) in [4.78, 5) is 7.92. The highest BCUT2D eigenvalue weighted by molar-refractivity contribution is 5.60. The van der Waals surface area contributed by atoms with Crippen molar-refractivity contribution in [3.63, 3.8) is 0 Å². The highest BCUT2D eigenvalue weighted by Gasteiger charge is 2.32. The molecule has 2 aromatic heterocycles. The van der Waals surface area contributed by atoms with Crippen LogP contribution in [0.5, 0.6) is 0 Å². The van der Waals surface area contributed by atoms with Gasteiger partial charge in [0, 0.05) is 23.5 Å². The van der Waals surface area contributed by atoms with Crippen molar-refractivity contribution in [1.82, 2.24) is 9.97 Å². The van der Waals surface area contributed by atoms with Gasteiger partial charge in [-0.2, -0.15) is 13.2 Å².